The smallest absolute Gasteiger partial charge is 0.0596 e. The topological polar surface area (TPSA) is 20.2 Å². The zero-order chi connectivity index (χ0) is 15.2. The van der Waals surface area contributed by atoms with E-state index in [1.807, 2.05) is 0 Å². The Morgan fingerprint density at radius 2 is 1.64 bits per heavy atom. The first-order valence-electron chi connectivity index (χ1n) is 9.79. The number of aliphatic hydroxyl groups is 1. The van der Waals surface area contributed by atoms with E-state index < -0.39 is 0 Å². The zero-order valence-corrected chi connectivity index (χ0v) is 15.1. The summed E-state index contributed by atoms with van der Waals surface area (Å²) < 4.78 is 0.740. The normalized spacial score (nSPS) is 63.1. The Morgan fingerprint density at radius 3 is 2.41 bits per heavy atom. The highest BCUT2D eigenvalue weighted by molar-refractivity contribution is 8.07. The molecule has 1 heterocycles. The lowest BCUT2D eigenvalue weighted by Crippen LogP contribution is -2.54. The van der Waals surface area contributed by atoms with Gasteiger partial charge in [0.1, 0.15) is 0 Å². The summed E-state index contributed by atoms with van der Waals surface area (Å²) in [4.78, 5) is 0. The Labute approximate surface area is 140 Å². The van der Waals surface area contributed by atoms with Crippen LogP contribution in [0.15, 0.2) is 0 Å². The third-order valence-electron chi connectivity index (χ3n) is 9.31. The molecule has 5 unspecified atom stereocenters. The lowest BCUT2D eigenvalue weighted by molar-refractivity contribution is -0.122. The van der Waals surface area contributed by atoms with Crippen molar-refractivity contribution in [1.29, 1.82) is 0 Å². The van der Waals surface area contributed by atoms with Crippen LogP contribution in [0.2, 0.25) is 0 Å². The summed E-state index contributed by atoms with van der Waals surface area (Å²) in [7, 11) is 0. The van der Waals surface area contributed by atoms with Crippen LogP contribution >= 0.6 is 11.8 Å². The van der Waals surface area contributed by atoms with Gasteiger partial charge in [-0.1, -0.05) is 13.8 Å². The van der Waals surface area contributed by atoms with E-state index in [1.165, 1.54) is 57.1 Å². The van der Waals surface area contributed by atoms with Gasteiger partial charge in [0, 0.05) is 10.5 Å². The molecule has 1 spiro atoms. The largest absolute Gasteiger partial charge is 0.393 e. The van der Waals surface area contributed by atoms with Crippen LogP contribution in [0.5, 0.6) is 0 Å². The van der Waals surface area contributed by atoms with Crippen LogP contribution in [-0.4, -0.2) is 21.7 Å². The second-order valence-electron chi connectivity index (χ2n) is 9.97. The number of rotatable bonds is 0. The van der Waals surface area contributed by atoms with Crippen LogP contribution < -0.4 is 0 Å². The zero-order valence-electron chi connectivity index (χ0n) is 14.3. The first-order chi connectivity index (χ1) is 10.5. The molecule has 0 aromatic rings. The van der Waals surface area contributed by atoms with Gasteiger partial charge < -0.3 is 5.11 Å². The summed E-state index contributed by atoms with van der Waals surface area (Å²) in [6.45, 7) is 5.08. The van der Waals surface area contributed by atoms with Gasteiger partial charge in [-0.25, -0.2) is 0 Å². The van der Waals surface area contributed by atoms with Gasteiger partial charge in [-0.05, 0) is 92.3 Å². The Hall–Kier alpha value is 0.310. The Morgan fingerprint density at radius 1 is 0.864 bits per heavy atom. The molecular formula is C20H32OS. The van der Waals surface area contributed by atoms with Crippen LogP contribution in [0.3, 0.4) is 0 Å². The Kier molecular flexibility index (Phi) is 2.98. The number of thioether (sulfide) groups is 1. The second kappa shape index (κ2) is 4.48. The summed E-state index contributed by atoms with van der Waals surface area (Å²) in [5, 5.41) is 10.5. The molecule has 8 atom stereocenters. The van der Waals surface area contributed by atoms with Crippen LogP contribution in [0.4, 0.5) is 0 Å². The van der Waals surface area contributed by atoms with Gasteiger partial charge in [0.05, 0.1) is 6.10 Å². The van der Waals surface area contributed by atoms with E-state index in [0.717, 1.165) is 34.8 Å². The molecule has 4 saturated carbocycles. The van der Waals surface area contributed by atoms with Gasteiger partial charge in [0.2, 0.25) is 0 Å². The van der Waals surface area contributed by atoms with E-state index in [0.29, 0.717) is 5.41 Å². The van der Waals surface area contributed by atoms with E-state index >= 15 is 0 Å². The van der Waals surface area contributed by atoms with E-state index in [-0.39, 0.29) is 11.5 Å². The van der Waals surface area contributed by atoms with E-state index in [9.17, 15) is 5.11 Å². The third kappa shape index (κ3) is 1.78. The third-order valence-corrected chi connectivity index (χ3v) is 10.8. The SMILES string of the molecule is C[C@]12CC[C@]3(CS3)CC1CCC1C2CC[C@]2(C)C(O)CCC12. The van der Waals surface area contributed by atoms with Crippen LogP contribution in [-0.2, 0) is 0 Å². The van der Waals surface area contributed by atoms with Crippen molar-refractivity contribution in [2.24, 2.45) is 34.5 Å². The highest BCUT2D eigenvalue weighted by Gasteiger charge is 2.62. The fourth-order valence-electron chi connectivity index (χ4n) is 7.64. The predicted molar refractivity (Wildman–Crippen MR) is 92.9 cm³/mol. The molecule has 0 amide bonds. The van der Waals surface area contributed by atoms with E-state index in [1.54, 1.807) is 0 Å². The highest BCUT2D eigenvalue weighted by Crippen LogP contribution is 2.69. The van der Waals surface area contributed by atoms with Crippen molar-refractivity contribution in [2.75, 3.05) is 5.75 Å². The maximum atomic E-state index is 10.5. The lowest BCUT2D eigenvalue weighted by Gasteiger charge is -2.61. The summed E-state index contributed by atoms with van der Waals surface area (Å²) in [5.74, 6) is 5.19. The molecule has 0 bridgehead atoms. The molecule has 4 aliphatic carbocycles. The lowest BCUT2D eigenvalue weighted by atomic mass is 9.44. The van der Waals surface area contributed by atoms with Gasteiger partial charge in [-0.2, -0.15) is 11.8 Å². The Balaban J connectivity index is 1.44. The van der Waals surface area contributed by atoms with Crippen molar-refractivity contribution >= 4 is 11.8 Å². The second-order valence-corrected chi connectivity index (χ2v) is 11.4. The van der Waals surface area contributed by atoms with Gasteiger partial charge >= 0.3 is 0 Å². The molecule has 0 radical (unpaired) electrons. The summed E-state index contributed by atoms with van der Waals surface area (Å²) in [6.07, 6.45) is 12.6. The molecule has 0 aromatic carbocycles. The van der Waals surface area contributed by atoms with E-state index in [4.69, 9.17) is 0 Å². The van der Waals surface area contributed by atoms with Crippen molar-refractivity contribution in [1.82, 2.24) is 0 Å². The average molecular weight is 321 g/mol. The molecule has 2 heteroatoms. The molecule has 1 saturated heterocycles. The molecule has 124 valence electrons. The Bertz CT molecular complexity index is 486. The van der Waals surface area contributed by atoms with Crippen molar-refractivity contribution in [3.63, 3.8) is 0 Å². The van der Waals surface area contributed by atoms with Crippen molar-refractivity contribution in [3.05, 3.63) is 0 Å². The van der Waals surface area contributed by atoms with Crippen molar-refractivity contribution in [2.45, 2.75) is 82.5 Å². The minimum Gasteiger partial charge on any atom is -0.393 e. The first kappa shape index (κ1) is 14.6. The standard InChI is InChI=1S/C20H32OS/c1-18-9-10-20(12-22-20)11-13(18)3-4-14-15-5-6-17(21)19(15,2)8-7-16(14)18/h13-17,21H,3-12H2,1-2H3/t13?,14?,15?,16?,17?,18-,19-,20+/m0/s1. The molecule has 0 aromatic heterocycles. The number of fused-ring (bicyclic) bond motifs is 5. The van der Waals surface area contributed by atoms with Crippen LogP contribution in [0.25, 0.3) is 0 Å². The van der Waals surface area contributed by atoms with Gasteiger partial charge in [-0.3, -0.25) is 0 Å². The van der Waals surface area contributed by atoms with Gasteiger partial charge in [-0.15, -0.1) is 0 Å². The van der Waals surface area contributed by atoms with E-state index in [2.05, 4.69) is 25.6 Å². The maximum absolute atomic E-state index is 10.5. The van der Waals surface area contributed by atoms with Crippen LogP contribution in [0.1, 0.15) is 71.6 Å². The average Bonchev–Trinajstić information content (AvgIpc) is 3.19. The molecule has 5 aliphatic rings. The van der Waals surface area contributed by atoms with Crippen LogP contribution in [0, 0.1) is 34.5 Å². The molecule has 1 nitrogen and oxygen atoms in total. The van der Waals surface area contributed by atoms with Crippen molar-refractivity contribution < 1.29 is 5.11 Å². The minimum atomic E-state index is -0.0125. The fraction of sp³-hybridized carbons (Fsp3) is 1.00. The quantitative estimate of drug-likeness (QED) is 0.642. The molecule has 5 rings (SSSR count). The minimum absolute atomic E-state index is 0.0125. The summed E-state index contributed by atoms with van der Waals surface area (Å²) in [6, 6.07) is 0. The summed E-state index contributed by atoms with van der Waals surface area (Å²) >= 11 is 2.26. The monoisotopic (exact) mass is 320 g/mol. The molecule has 1 aliphatic heterocycles. The number of aliphatic hydroxyl groups excluding tert-OH is 1. The predicted octanol–water partition coefficient (Wildman–Crippen LogP) is 4.88. The molecular weight excluding hydrogens is 288 g/mol. The molecule has 22 heavy (non-hydrogen) atoms. The van der Waals surface area contributed by atoms with Gasteiger partial charge in [0.25, 0.3) is 0 Å². The number of hydrogen-bond donors (Lipinski definition) is 1. The van der Waals surface area contributed by atoms with Crippen molar-refractivity contribution in [3.8, 4) is 0 Å². The molecule has 5 fully saturated rings. The number of hydrogen-bond acceptors (Lipinski definition) is 2. The van der Waals surface area contributed by atoms with Gasteiger partial charge in [0.15, 0.2) is 0 Å². The highest BCUT2D eigenvalue weighted by atomic mass is 32.2. The first-order valence-corrected chi connectivity index (χ1v) is 10.8. The maximum Gasteiger partial charge on any atom is 0.0596 e. The summed E-state index contributed by atoms with van der Waals surface area (Å²) in [5.41, 5.74) is 0.888. The molecule has 1 N–H and O–H groups in total. The fourth-order valence-corrected chi connectivity index (χ4v) is 8.68.